The minimum atomic E-state index is -0.890. The predicted molar refractivity (Wildman–Crippen MR) is 173 cm³/mol. The maximum atomic E-state index is 13.1. The van der Waals surface area contributed by atoms with Gasteiger partial charge in [-0.3, -0.25) is 9.59 Å². The van der Waals surface area contributed by atoms with E-state index in [9.17, 15) is 24.0 Å². The Balaban J connectivity index is 1.92. The van der Waals surface area contributed by atoms with Crippen molar-refractivity contribution in [3.05, 3.63) is 34.4 Å². The predicted octanol–water partition coefficient (Wildman–Crippen LogP) is 8.92. The van der Waals surface area contributed by atoms with Crippen LogP contribution in [0.15, 0.2) is 12.1 Å². The molecule has 0 radical (unpaired) electrons. The van der Waals surface area contributed by atoms with E-state index < -0.39 is 29.7 Å². The van der Waals surface area contributed by atoms with Gasteiger partial charge in [0, 0.05) is 6.92 Å². The van der Waals surface area contributed by atoms with E-state index in [1.807, 2.05) is 0 Å². The maximum Gasteiger partial charge on any atom is 0.339 e. The fraction of sp³-hybridized carbons (Fsp3) is 0.694. The average molecular weight is 630 g/mol. The van der Waals surface area contributed by atoms with E-state index in [-0.39, 0.29) is 35.5 Å². The number of esters is 2. The zero-order valence-electron chi connectivity index (χ0n) is 27.9. The number of carbonyl (C=O) groups excluding carboxylic acids is 5. The highest BCUT2D eigenvalue weighted by Gasteiger charge is 2.41. The van der Waals surface area contributed by atoms with Crippen molar-refractivity contribution in [1.82, 2.24) is 5.06 Å². The molecule has 1 aromatic rings. The van der Waals surface area contributed by atoms with Gasteiger partial charge in [0.15, 0.2) is 0 Å². The van der Waals surface area contributed by atoms with Crippen molar-refractivity contribution in [2.45, 2.75) is 149 Å². The van der Waals surface area contributed by atoms with Gasteiger partial charge in [-0.2, -0.15) is 0 Å². The molecule has 9 heteroatoms. The smallest absolute Gasteiger partial charge is 0.339 e. The van der Waals surface area contributed by atoms with E-state index in [1.165, 1.54) is 77.0 Å². The van der Waals surface area contributed by atoms with Crippen LogP contribution in [0.3, 0.4) is 0 Å². The first kappa shape index (κ1) is 38.0. The Kier molecular flexibility index (Phi) is 18.8. The van der Waals surface area contributed by atoms with Crippen LogP contribution in [0.2, 0.25) is 0 Å². The molecule has 1 aliphatic rings. The zero-order valence-corrected chi connectivity index (χ0v) is 27.9. The Bertz CT molecular complexity index is 1020. The van der Waals surface area contributed by atoms with E-state index in [0.717, 1.165) is 57.6 Å². The molecule has 45 heavy (non-hydrogen) atoms. The van der Waals surface area contributed by atoms with E-state index in [0.29, 0.717) is 17.9 Å². The van der Waals surface area contributed by atoms with Crippen molar-refractivity contribution in [3.63, 3.8) is 0 Å². The summed E-state index contributed by atoms with van der Waals surface area (Å²) in [5.41, 5.74) is -0.587. The molecule has 2 amide bonds. The number of rotatable bonds is 25. The Labute approximate surface area is 269 Å². The van der Waals surface area contributed by atoms with Crippen molar-refractivity contribution in [1.29, 1.82) is 0 Å². The highest BCUT2D eigenvalue weighted by atomic mass is 16.7. The third-order valence-corrected chi connectivity index (χ3v) is 8.11. The molecule has 0 N–H and O–H groups in total. The number of nitrogens with zero attached hydrogens (tertiary/aromatic N) is 1. The third kappa shape index (κ3) is 13.7. The number of carbonyl (C=O) groups is 5. The second kappa shape index (κ2) is 22.3. The summed E-state index contributed by atoms with van der Waals surface area (Å²) in [6, 6.07) is 2.33. The fourth-order valence-electron chi connectivity index (χ4n) is 5.48. The molecule has 252 valence electrons. The van der Waals surface area contributed by atoms with Crippen LogP contribution in [0.4, 0.5) is 0 Å². The van der Waals surface area contributed by atoms with Crippen molar-refractivity contribution >= 4 is 29.7 Å². The molecule has 0 unspecified atom stereocenters. The normalized spacial score (nSPS) is 12.4. The summed E-state index contributed by atoms with van der Waals surface area (Å²) in [5.74, 6) is -4.17. The summed E-state index contributed by atoms with van der Waals surface area (Å²) < 4.78 is 10.9. The number of amides is 2. The van der Waals surface area contributed by atoms with Crippen LogP contribution in [0.25, 0.3) is 0 Å². The van der Waals surface area contributed by atoms with Gasteiger partial charge >= 0.3 is 17.9 Å². The van der Waals surface area contributed by atoms with Crippen LogP contribution in [0, 0.1) is 0 Å². The molecule has 1 heterocycles. The lowest BCUT2D eigenvalue weighted by molar-refractivity contribution is -0.165. The van der Waals surface area contributed by atoms with Gasteiger partial charge in [0.1, 0.15) is 0 Å². The Morgan fingerprint density at radius 3 is 1.16 bits per heavy atom. The lowest BCUT2D eigenvalue weighted by Crippen LogP contribution is -2.31. The van der Waals surface area contributed by atoms with Gasteiger partial charge < -0.3 is 14.3 Å². The van der Waals surface area contributed by atoms with E-state index in [4.69, 9.17) is 14.3 Å². The Morgan fingerprint density at radius 1 is 0.533 bits per heavy atom. The standard InChI is InChI=1S/C36H55NO8/c1-4-6-8-10-12-14-16-18-20-22-24-43-35(41)31-26-29-30(34(40)37(33(29)39)45-28(3)38)27-32(31)36(42)44-25-23-21-19-17-15-13-11-9-7-5-2/h26-27H,4-25H2,1-3H3. The second-order valence-electron chi connectivity index (χ2n) is 12.1. The van der Waals surface area contributed by atoms with Gasteiger partial charge in [0.05, 0.1) is 35.5 Å². The molecule has 0 saturated carbocycles. The zero-order chi connectivity index (χ0) is 32.9. The van der Waals surface area contributed by atoms with Crippen LogP contribution < -0.4 is 0 Å². The van der Waals surface area contributed by atoms with Crippen molar-refractivity contribution in [3.8, 4) is 0 Å². The summed E-state index contributed by atoms with van der Waals surface area (Å²) in [4.78, 5) is 68.0. The first-order valence-electron chi connectivity index (χ1n) is 17.4. The van der Waals surface area contributed by atoms with E-state index >= 15 is 0 Å². The van der Waals surface area contributed by atoms with Crippen molar-refractivity contribution < 1.29 is 38.3 Å². The van der Waals surface area contributed by atoms with Crippen LogP contribution in [0.1, 0.15) is 191 Å². The molecule has 0 fully saturated rings. The lowest BCUT2D eigenvalue weighted by Gasteiger charge is -2.11. The molecule has 0 atom stereocenters. The highest BCUT2D eigenvalue weighted by molar-refractivity contribution is 6.22. The van der Waals surface area contributed by atoms with Gasteiger partial charge in [-0.1, -0.05) is 134 Å². The summed E-state index contributed by atoms with van der Waals surface area (Å²) in [5, 5.41) is 0.338. The number of fused-ring (bicyclic) bond motifs is 1. The monoisotopic (exact) mass is 629 g/mol. The first-order valence-corrected chi connectivity index (χ1v) is 17.4. The molecule has 9 nitrogen and oxygen atoms in total. The van der Waals surface area contributed by atoms with Gasteiger partial charge in [0.2, 0.25) is 0 Å². The van der Waals surface area contributed by atoms with Gasteiger partial charge in [0.25, 0.3) is 11.8 Å². The fourth-order valence-corrected chi connectivity index (χ4v) is 5.48. The molecule has 2 rings (SSSR count). The summed E-state index contributed by atoms with van der Waals surface area (Å²) in [6.07, 6.45) is 22.8. The van der Waals surface area contributed by atoms with Gasteiger partial charge in [-0.25, -0.2) is 14.4 Å². The number of hydrogen-bond acceptors (Lipinski definition) is 8. The summed E-state index contributed by atoms with van der Waals surface area (Å²) >= 11 is 0. The van der Waals surface area contributed by atoms with Crippen LogP contribution in [-0.2, 0) is 19.1 Å². The highest BCUT2D eigenvalue weighted by Crippen LogP contribution is 2.28. The molecule has 0 aliphatic carbocycles. The van der Waals surface area contributed by atoms with E-state index in [2.05, 4.69) is 13.8 Å². The third-order valence-electron chi connectivity index (χ3n) is 8.11. The topological polar surface area (TPSA) is 116 Å². The molecular formula is C36H55NO8. The van der Waals surface area contributed by atoms with Crippen molar-refractivity contribution in [2.75, 3.05) is 13.2 Å². The second-order valence-corrected chi connectivity index (χ2v) is 12.1. The summed E-state index contributed by atoms with van der Waals surface area (Å²) in [6.45, 7) is 5.83. The van der Waals surface area contributed by atoms with Crippen molar-refractivity contribution in [2.24, 2.45) is 0 Å². The average Bonchev–Trinajstić information content (AvgIpc) is 3.25. The SMILES string of the molecule is CCCCCCCCCCCCOC(=O)c1cc2c(cc1C(=O)OCCCCCCCCCCCC)C(=O)N(OC(C)=O)C2=O. The number of imide groups is 1. The molecule has 0 aromatic heterocycles. The number of hydroxylamine groups is 2. The van der Waals surface area contributed by atoms with Crippen LogP contribution in [0.5, 0.6) is 0 Å². The van der Waals surface area contributed by atoms with Crippen LogP contribution >= 0.6 is 0 Å². The van der Waals surface area contributed by atoms with Crippen LogP contribution in [-0.4, -0.2) is 48.0 Å². The number of ether oxygens (including phenoxy) is 2. The molecule has 1 aromatic carbocycles. The van der Waals surface area contributed by atoms with E-state index in [1.54, 1.807) is 0 Å². The largest absolute Gasteiger partial charge is 0.462 e. The Hall–Kier alpha value is -3.23. The quantitative estimate of drug-likeness (QED) is 0.0598. The minimum Gasteiger partial charge on any atom is -0.462 e. The maximum absolute atomic E-state index is 13.1. The molecule has 0 saturated heterocycles. The number of benzene rings is 1. The molecule has 1 aliphatic heterocycles. The number of hydrogen-bond donors (Lipinski definition) is 0. The van der Waals surface area contributed by atoms with Gasteiger partial charge in [-0.15, -0.1) is 0 Å². The molecule has 0 bridgehead atoms. The van der Waals surface area contributed by atoms with Gasteiger partial charge in [-0.05, 0) is 25.0 Å². The Morgan fingerprint density at radius 2 is 0.844 bits per heavy atom. The lowest BCUT2D eigenvalue weighted by atomic mass is 9.99. The number of unbranched alkanes of at least 4 members (excludes halogenated alkanes) is 18. The molecule has 0 spiro atoms. The summed E-state index contributed by atoms with van der Waals surface area (Å²) in [7, 11) is 0. The minimum absolute atomic E-state index is 0.140. The molecular weight excluding hydrogens is 574 g/mol. The first-order chi connectivity index (χ1) is 21.8.